The van der Waals surface area contributed by atoms with Crippen LogP contribution in [0.2, 0.25) is 5.02 Å². The third kappa shape index (κ3) is 7.88. The van der Waals surface area contributed by atoms with Crippen LogP contribution < -0.4 is 16.0 Å². The number of carbonyl (C=O) groups is 3. The first-order chi connectivity index (χ1) is 22.2. The number of halogens is 1. The molecule has 4 N–H and O–H groups in total. The normalized spacial score (nSPS) is 16.3. The topological polar surface area (TPSA) is 172 Å². The highest BCUT2D eigenvalue weighted by Gasteiger charge is 2.25. The van der Waals surface area contributed by atoms with Gasteiger partial charge in [0.2, 0.25) is 11.8 Å². The monoisotopic (exact) mass is 646 g/mol. The molecule has 1 aliphatic rings. The molecular formula is C31H35ClN10O4. The lowest BCUT2D eigenvalue weighted by atomic mass is 10.0. The number of fused-ring (bicyclic) bond motifs is 4. The number of H-pyrrole nitrogens is 1. The lowest BCUT2D eigenvalue weighted by molar-refractivity contribution is -0.138. The number of hydrogen-bond donors (Lipinski definition) is 4. The van der Waals surface area contributed by atoms with Gasteiger partial charge in [-0.1, -0.05) is 24.4 Å². The fourth-order valence-electron chi connectivity index (χ4n) is 5.15. The maximum Gasteiger partial charge on any atom is 0.325 e. The summed E-state index contributed by atoms with van der Waals surface area (Å²) in [6.07, 6.45) is 8.97. The van der Waals surface area contributed by atoms with Gasteiger partial charge >= 0.3 is 5.97 Å². The van der Waals surface area contributed by atoms with E-state index in [2.05, 4.69) is 36.5 Å². The maximum atomic E-state index is 13.2. The van der Waals surface area contributed by atoms with Gasteiger partial charge in [0.15, 0.2) is 0 Å². The van der Waals surface area contributed by atoms with Crippen molar-refractivity contribution in [2.75, 3.05) is 38.4 Å². The number of aromatic nitrogens is 6. The number of carbonyl (C=O) groups excluding carboxylic acids is 3. The molecule has 2 atom stereocenters. The highest BCUT2D eigenvalue weighted by atomic mass is 35.5. The van der Waals surface area contributed by atoms with E-state index in [0.29, 0.717) is 52.0 Å². The highest BCUT2D eigenvalue weighted by molar-refractivity contribution is 6.30. The van der Waals surface area contributed by atoms with Gasteiger partial charge < -0.3 is 30.6 Å². The average molecular weight is 647 g/mol. The predicted molar refractivity (Wildman–Crippen MR) is 173 cm³/mol. The number of aromatic amines is 1. The standard InChI is InChI=1S/C31H35ClN10O4/c1-41(2)31(45)24-7-5-4-6-23(37-28(43)13-8-19-14-20(32)9-12-27(19)42-18-35-39-40-42)30-34-16-26(38-30)22-11-10-21(15-25(22)36-24)33-17-29(44)46-3/h8-16,18,23-24,33,36H,4-7,17H2,1-3H3,(H,34,38)(H,37,43)/b13-8+/t23-,24+/m0/s1. The summed E-state index contributed by atoms with van der Waals surface area (Å²) < 4.78 is 6.23. The van der Waals surface area contributed by atoms with Crippen LogP contribution in [0.4, 0.5) is 11.4 Å². The van der Waals surface area contributed by atoms with Gasteiger partial charge in [0.05, 0.1) is 24.5 Å². The van der Waals surface area contributed by atoms with E-state index in [1.54, 1.807) is 49.5 Å². The number of benzene rings is 2. The Morgan fingerprint density at radius 2 is 1.98 bits per heavy atom. The highest BCUT2D eigenvalue weighted by Crippen LogP contribution is 2.33. The van der Waals surface area contributed by atoms with Crippen LogP contribution in [0.3, 0.4) is 0 Å². The van der Waals surface area contributed by atoms with Gasteiger partial charge in [-0.3, -0.25) is 14.4 Å². The smallest absolute Gasteiger partial charge is 0.325 e. The Kier molecular flexibility index (Phi) is 10.3. The molecule has 2 aromatic heterocycles. The van der Waals surface area contributed by atoms with Crippen molar-refractivity contribution in [2.45, 2.75) is 37.8 Å². The molecule has 14 nitrogen and oxygen atoms in total. The van der Waals surface area contributed by atoms with Gasteiger partial charge in [-0.05, 0) is 65.7 Å². The number of methoxy groups -OCH3 is 1. The van der Waals surface area contributed by atoms with E-state index in [4.69, 9.17) is 21.3 Å². The number of anilines is 2. The first kappa shape index (κ1) is 32.2. The molecule has 4 aromatic rings. The molecule has 0 spiro atoms. The van der Waals surface area contributed by atoms with Crippen molar-refractivity contribution in [1.29, 1.82) is 0 Å². The van der Waals surface area contributed by atoms with E-state index in [-0.39, 0.29) is 18.4 Å². The number of tetrazole rings is 1. The lowest BCUT2D eigenvalue weighted by Gasteiger charge is -2.25. The summed E-state index contributed by atoms with van der Waals surface area (Å²) in [5.41, 5.74) is 4.07. The Labute approximate surface area is 270 Å². The van der Waals surface area contributed by atoms with Crippen molar-refractivity contribution in [1.82, 2.24) is 40.4 Å². The molecular weight excluding hydrogens is 612 g/mol. The number of nitrogens with one attached hydrogen (secondary N) is 4. The minimum absolute atomic E-state index is 0.00595. The third-order valence-corrected chi connectivity index (χ3v) is 7.74. The second kappa shape index (κ2) is 14.7. The number of amides is 2. The van der Waals surface area contributed by atoms with Crippen molar-refractivity contribution in [2.24, 2.45) is 0 Å². The Balaban J connectivity index is 1.41. The van der Waals surface area contributed by atoms with Crippen LogP contribution in [0.1, 0.15) is 43.1 Å². The van der Waals surface area contributed by atoms with Gasteiger partial charge in [0.1, 0.15) is 24.7 Å². The van der Waals surface area contributed by atoms with Gasteiger partial charge in [0, 0.05) is 53.9 Å². The van der Waals surface area contributed by atoms with Crippen LogP contribution in [-0.2, 0) is 19.1 Å². The van der Waals surface area contributed by atoms with E-state index < -0.39 is 18.1 Å². The lowest BCUT2D eigenvalue weighted by Crippen LogP contribution is -2.39. The molecule has 0 saturated carbocycles. The zero-order valence-corrected chi connectivity index (χ0v) is 26.4. The number of hydrogen-bond acceptors (Lipinski definition) is 10. The summed E-state index contributed by atoms with van der Waals surface area (Å²) in [5.74, 6) is -0.173. The fraction of sp³-hybridized carbons (Fsp3) is 0.323. The van der Waals surface area contributed by atoms with E-state index >= 15 is 0 Å². The van der Waals surface area contributed by atoms with Crippen LogP contribution in [0.15, 0.2) is 55.0 Å². The van der Waals surface area contributed by atoms with Crippen LogP contribution in [0.5, 0.6) is 0 Å². The maximum absolute atomic E-state index is 13.2. The second-order valence-corrected chi connectivity index (χ2v) is 11.4. The molecule has 240 valence electrons. The fourth-order valence-corrected chi connectivity index (χ4v) is 5.33. The molecule has 2 amide bonds. The minimum Gasteiger partial charge on any atom is -0.468 e. The molecule has 15 heteroatoms. The van der Waals surface area contributed by atoms with Crippen molar-refractivity contribution >= 4 is 46.8 Å². The molecule has 46 heavy (non-hydrogen) atoms. The summed E-state index contributed by atoms with van der Waals surface area (Å²) in [7, 11) is 4.78. The van der Waals surface area contributed by atoms with Crippen molar-refractivity contribution < 1.29 is 19.1 Å². The first-order valence-corrected chi connectivity index (χ1v) is 15.1. The zero-order valence-electron chi connectivity index (χ0n) is 25.7. The van der Waals surface area contributed by atoms with Gasteiger partial charge in [-0.2, -0.15) is 4.68 Å². The first-order valence-electron chi connectivity index (χ1n) is 14.7. The summed E-state index contributed by atoms with van der Waals surface area (Å²) in [5, 5.41) is 21.4. The van der Waals surface area contributed by atoms with Crippen molar-refractivity contribution in [3.05, 3.63) is 71.4 Å². The quantitative estimate of drug-likeness (QED) is 0.164. The molecule has 0 radical (unpaired) electrons. The number of nitrogens with zero attached hydrogens (tertiary/aromatic N) is 6. The number of likely N-dealkylation sites (N-methyl/N-ethyl adjacent to an activating group) is 1. The van der Waals surface area contributed by atoms with Crippen LogP contribution >= 0.6 is 11.6 Å². The van der Waals surface area contributed by atoms with Crippen molar-refractivity contribution in [3.63, 3.8) is 0 Å². The Bertz CT molecular complexity index is 1720. The molecule has 5 rings (SSSR count). The Hall–Kier alpha value is -5.24. The van der Waals surface area contributed by atoms with Gasteiger partial charge in [-0.15, -0.1) is 5.10 Å². The number of imidazole rings is 1. The van der Waals surface area contributed by atoms with E-state index in [0.717, 1.165) is 18.4 Å². The van der Waals surface area contributed by atoms with Crippen LogP contribution in [0, 0.1) is 0 Å². The second-order valence-electron chi connectivity index (χ2n) is 10.9. The van der Waals surface area contributed by atoms with Crippen LogP contribution in [0.25, 0.3) is 23.0 Å². The zero-order chi connectivity index (χ0) is 32.6. The number of esters is 1. The molecule has 0 aliphatic carbocycles. The number of ether oxygens (including phenoxy) is 1. The summed E-state index contributed by atoms with van der Waals surface area (Å²) in [6, 6.07) is 9.85. The summed E-state index contributed by atoms with van der Waals surface area (Å²) >= 11 is 6.23. The van der Waals surface area contributed by atoms with E-state index in [9.17, 15) is 14.4 Å². The minimum atomic E-state index is -0.495. The summed E-state index contributed by atoms with van der Waals surface area (Å²) in [4.78, 5) is 47.8. The van der Waals surface area contributed by atoms with Crippen LogP contribution in [-0.4, -0.2) is 86.7 Å². The third-order valence-electron chi connectivity index (χ3n) is 7.51. The molecule has 0 unspecified atom stereocenters. The predicted octanol–water partition coefficient (Wildman–Crippen LogP) is 3.60. The van der Waals surface area contributed by atoms with Gasteiger partial charge in [0.25, 0.3) is 0 Å². The Morgan fingerprint density at radius 3 is 2.74 bits per heavy atom. The number of rotatable bonds is 8. The molecule has 0 fully saturated rings. The van der Waals surface area contributed by atoms with Gasteiger partial charge in [-0.25, -0.2) is 4.98 Å². The largest absolute Gasteiger partial charge is 0.468 e. The summed E-state index contributed by atoms with van der Waals surface area (Å²) in [6.45, 7) is -0.00595. The van der Waals surface area contributed by atoms with E-state index in [1.807, 2.05) is 18.2 Å². The van der Waals surface area contributed by atoms with Crippen molar-refractivity contribution in [3.8, 4) is 16.9 Å². The SMILES string of the molecule is COC(=O)CNc1ccc2c(c1)N[C@@H](C(=O)N(C)C)CCCC[C@H](NC(=O)/C=C/c1cc(Cl)ccc1-n1cnnn1)c1nc-2c[nH]1. The van der Waals surface area contributed by atoms with E-state index in [1.165, 1.54) is 24.2 Å². The molecule has 0 saturated heterocycles. The molecule has 2 aromatic carbocycles. The average Bonchev–Trinajstić information content (AvgIpc) is 3.76. The molecule has 1 aliphatic heterocycles. The molecule has 2 bridgehead atoms. The molecule has 3 heterocycles. The Morgan fingerprint density at radius 1 is 1.15 bits per heavy atom.